The number of hydrogen-bond acceptors (Lipinski definition) is 2. The second-order valence-corrected chi connectivity index (χ2v) is 6.42. The topological polar surface area (TPSA) is 57.6 Å². The van der Waals surface area contributed by atoms with Crippen LogP contribution in [0.15, 0.2) is 28.7 Å². The largest absolute Gasteiger partial charge is 0.481 e. The molecule has 0 bridgehead atoms. The normalized spacial score (nSPS) is 22.3. The number of carboxylic acid groups (broad SMARTS) is 1. The van der Waals surface area contributed by atoms with Gasteiger partial charge in [-0.3, -0.25) is 9.59 Å². The number of hydrogen-bond donors (Lipinski definition) is 1. The van der Waals surface area contributed by atoms with Crippen LogP contribution in [0.3, 0.4) is 0 Å². The summed E-state index contributed by atoms with van der Waals surface area (Å²) in [5, 5.41) is 9.40. The average Bonchev–Trinajstić information content (AvgIpc) is 2.82. The van der Waals surface area contributed by atoms with E-state index in [0.717, 1.165) is 10.0 Å². The summed E-state index contributed by atoms with van der Waals surface area (Å²) in [7, 11) is 0. The minimum absolute atomic E-state index is 0.0220. The van der Waals surface area contributed by atoms with Gasteiger partial charge in [0, 0.05) is 29.4 Å². The number of likely N-dealkylation sites (tertiary alicyclic amines) is 1. The molecule has 0 radical (unpaired) electrons. The van der Waals surface area contributed by atoms with E-state index in [1.165, 1.54) is 0 Å². The second kappa shape index (κ2) is 5.95. The molecule has 1 aromatic carbocycles. The van der Waals surface area contributed by atoms with Gasteiger partial charge in [0.05, 0.1) is 5.92 Å². The Labute approximate surface area is 126 Å². The van der Waals surface area contributed by atoms with E-state index < -0.39 is 11.9 Å². The monoisotopic (exact) mass is 339 g/mol. The molecule has 1 aromatic rings. The molecule has 0 aliphatic carbocycles. The minimum Gasteiger partial charge on any atom is -0.481 e. The molecule has 1 amide bonds. The fourth-order valence-electron chi connectivity index (χ4n) is 2.67. The van der Waals surface area contributed by atoms with E-state index >= 15 is 0 Å². The van der Waals surface area contributed by atoms with E-state index in [2.05, 4.69) is 15.9 Å². The van der Waals surface area contributed by atoms with Gasteiger partial charge in [-0.25, -0.2) is 0 Å². The highest BCUT2D eigenvalue weighted by molar-refractivity contribution is 9.10. The first-order valence-electron chi connectivity index (χ1n) is 6.67. The van der Waals surface area contributed by atoms with E-state index in [-0.39, 0.29) is 17.7 Å². The molecule has 4 nitrogen and oxygen atoms in total. The average molecular weight is 340 g/mol. The van der Waals surface area contributed by atoms with Gasteiger partial charge in [0.25, 0.3) is 0 Å². The number of benzene rings is 1. The summed E-state index contributed by atoms with van der Waals surface area (Å²) in [6.07, 6.45) is 0. The maximum atomic E-state index is 12.1. The van der Waals surface area contributed by atoms with Crippen molar-refractivity contribution in [3.63, 3.8) is 0 Å². The number of carbonyl (C=O) groups is 2. The molecular formula is C15H18BrNO3. The third-order valence-corrected chi connectivity index (χ3v) is 4.21. The van der Waals surface area contributed by atoms with Crippen LogP contribution < -0.4 is 0 Å². The van der Waals surface area contributed by atoms with Crippen LogP contribution in [0.25, 0.3) is 0 Å². The summed E-state index contributed by atoms with van der Waals surface area (Å²) in [5.74, 6) is -1.60. The Hall–Kier alpha value is -1.36. The zero-order chi connectivity index (χ0) is 14.9. The van der Waals surface area contributed by atoms with Crippen molar-refractivity contribution in [2.75, 3.05) is 13.1 Å². The van der Waals surface area contributed by atoms with E-state index in [4.69, 9.17) is 0 Å². The standard InChI is InChI=1S/C15H18BrNO3/c1-9(2)14(18)17-7-12(13(8-17)15(19)20)10-4-3-5-11(16)6-10/h3-6,9,12-13H,7-8H2,1-2H3,(H,19,20)/t12-,13+/m1/s1. The van der Waals surface area contributed by atoms with Crippen molar-refractivity contribution in [3.05, 3.63) is 34.3 Å². The summed E-state index contributed by atoms with van der Waals surface area (Å²) in [6.45, 7) is 4.45. The van der Waals surface area contributed by atoms with E-state index in [1.807, 2.05) is 38.1 Å². The molecular weight excluding hydrogens is 322 g/mol. The van der Waals surface area contributed by atoms with Gasteiger partial charge in [0.2, 0.25) is 5.91 Å². The fraction of sp³-hybridized carbons (Fsp3) is 0.467. The van der Waals surface area contributed by atoms with Crippen LogP contribution in [-0.2, 0) is 9.59 Å². The Morgan fingerprint density at radius 1 is 1.35 bits per heavy atom. The summed E-state index contributed by atoms with van der Waals surface area (Å²) in [4.78, 5) is 25.2. The molecule has 108 valence electrons. The van der Waals surface area contributed by atoms with Crippen molar-refractivity contribution in [2.24, 2.45) is 11.8 Å². The molecule has 0 aromatic heterocycles. The quantitative estimate of drug-likeness (QED) is 0.921. The molecule has 1 aliphatic heterocycles. The molecule has 1 fully saturated rings. The zero-order valence-electron chi connectivity index (χ0n) is 11.5. The predicted octanol–water partition coefficient (Wildman–Crippen LogP) is 2.73. The smallest absolute Gasteiger partial charge is 0.308 e. The van der Waals surface area contributed by atoms with Crippen molar-refractivity contribution in [3.8, 4) is 0 Å². The molecule has 0 saturated carbocycles. The van der Waals surface area contributed by atoms with Crippen LogP contribution in [0.2, 0.25) is 0 Å². The molecule has 2 rings (SSSR count). The Morgan fingerprint density at radius 3 is 2.60 bits per heavy atom. The lowest BCUT2D eigenvalue weighted by atomic mass is 9.89. The predicted molar refractivity (Wildman–Crippen MR) is 79.4 cm³/mol. The van der Waals surface area contributed by atoms with Gasteiger partial charge in [0.15, 0.2) is 0 Å². The van der Waals surface area contributed by atoms with Crippen molar-refractivity contribution in [1.29, 1.82) is 0 Å². The Morgan fingerprint density at radius 2 is 2.05 bits per heavy atom. The van der Waals surface area contributed by atoms with E-state index in [1.54, 1.807) is 4.90 Å². The molecule has 1 heterocycles. The molecule has 2 atom stereocenters. The van der Waals surface area contributed by atoms with Crippen LogP contribution >= 0.6 is 15.9 Å². The number of rotatable bonds is 3. The lowest BCUT2D eigenvalue weighted by Gasteiger charge is -2.18. The summed E-state index contributed by atoms with van der Waals surface area (Å²) >= 11 is 3.41. The highest BCUT2D eigenvalue weighted by Crippen LogP contribution is 2.34. The van der Waals surface area contributed by atoms with Gasteiger partial charge in [-0.1, -0.05) is 41.9 Å². The van der Waals surface area contributed by atoms with Crippen LogP contribution in [0.5, 0.6) is 0 Å². The zero-order valence-corrected chi connectivity index (χ0v) is 13.1. The van der Waals surface area contributed by atoms with Gasteiger partial charge < -0.3 is 10.0 Å². The van der Waals surface area contributed by atoms with Crippen molar-refractivity contribution < 1.29 is 14.7 Å². The molecule has 5 heteroatoms. The highest BCUT2D eigenvalue weighted by Gasteiger charge is 2.40. The Kier molecular flexibility index (Phi) is 4.48. The SMILES string of the molecule is CC(C)C(=O)N1C[C@H](C(=O)O)[C@@H](c2cccc(Br)c2)C1. The maximum absolute atomic E-state index is 12.1. The van der Waals surface area contributed by atoms with Gasteiger partial charge in [-0.15, -0.1) is 0 Å². The van der Waals surface area contributed by atoms with Crippen LogP contribution in [0.1, 0.15) is 25.3 Å². The molecule has 0 unspecified atom stereocenters. The maximum Gasteiger partial charge on any atom is 0.308 e. The molecule has 1 saturated heterocycles. The summed E-state index contributed by atoms with van der Waals surface area (Å²) in [6, 6.07) is 7.66. The Bertz CT molecular complexity index is 530. The third kappa shape index (κ3) is 3.03. The van der Waals surface area contributed by atoms with Gasteiger partial charge in [0.1, 0.15) is 0 Å². The van der Waals surface area contributed by atoms with E-state index in [0.29, 0.717) is 13.1 Å². The fourth-order valence-corrected chi connectivity index (χ4v) is 3.09. The van der Waals surface area contributed by atoms with Crippen molar-refractivity contribution in [1.82, 2.24) is 4.90 Å². The number of amides is 1. The molecule has 1 aliphatic rings. The number of aliphatic carboxylic acids is 1. The minimum atomic E-state index is -0.839. The third-order valence-electron chi connectivity index (χ3n) is 3.72. The number of carbonyl (C=O) groups excluding carboxylic acids is 1. The summed E-state index contributed by atoms with van der Waals surface area (Å²) in [5.41, 5.74) is 0.964. The second-order valence-electron chi connectivity index (χ2n) is 5.50. The molecule has 1 N–H and O–H groups in total. The first-order chi connectivity index (χ1) is 9.40. The number of nitrogens with zero attached hydrogens (tertiary/aromatic N) is 1. The van der Waals surface area contributed by atoms with Gasteiger partial charge in [-0.05, 0) is 17.7 Å². The summed E-state index contributed by atoms with van der Waals surface area (Å²) < 4.78 is 0.924. The van der Waals surface area contributed by atoms with Gasteiger partial charge >= 0.3 is 5.97 Å². The Balaban J connectivity index is 2.27. The lowest BCUT2D eigenvalue weighted by molar-refractivity contribution is -0.142. The van der Waals surface area contributed by atoms with Crippen LogP contribution in [0.4, 0.5) is 0 Å². The first-order valence-corrected chi connectivity index (χ1v) is 7.46. The number of halogens is 1. The van der Waals surface area contributed by atoms with E-state index in [9.17, 15) is 14.7 Å². The highest BCUT2D eigenvalue weighted by atomic mass is 79.9. The number of carboxylic acids is 1. The van der Waals surface area contributed by atoms with Crippen LogP contribution in [-0.4, -0.2) is 35.0 Å². The molecule has 20 heavy (non-hydrogen) atoms. The first kappa shape index (κ1) is 15.0. The lowest BCUT2D eigenvalue weighted by Crippen LogP contribution is -2.33. The van der Waals surface area contributed by atoms with Crippen molar-refractivity contribution in [2.45, 2.75) is 19.8 Å². The van der Waals surface area contributed by atoms with Crippen molar-refractivity contribution >= 4 is 27.8 Å². The van der Waals surface area contributed by atoms with Crippen LogP contribution in [0, 0.1) is 11.8 Å². The van der Waals surface area contributed by atoms with Gasteiger partial charge in [-0.2, -0.15) is 0 Å². The molecule has 0 spiro atoms.